The molecule has 1 amide bonds. The lowest BCUT2D eigenvalue weighted by Crippen LogP contribution is -2.47. The Morgan fingerprint density at radius 1 is 1.06 bits per heavy atom. The number of para-hydroxylation sites is 1. The summed E-state index contributed by atoms with van der Waals surface area (Å²) in [5.41, 5.74) is 2.31. The van der Waals surface area contributed by atoms with E-state index < -0.39 is 0 Å². The highest BCUT2D eigenvalue weighted by atomic mass is 35.5. The molecule has 1 aromatic carbocycles. The molecule has 32 heavy (non-hydrogen) atoms. The van der Waals surface area contributed by atoms with Gasteiger partial charge in [-0.25, -0.2) is 0 Å². The molecule has 6 heteroatoms. The number of hydrogen-bond donors (Lipinski definition) is 0. The Morgan fingerprint density at radius 2 is 1.84 bits per heavy atom. The zero-order valence-electron chi connectivity index (χ0n) is 19.1. The molecule has 2 fully saturated rings. The second-order valence-corrected chi connectivity index (χ2v) is 9.06. The van der Waals surface area contributed by atoms with Gasteiger partial charge in [0.15, 0.2) is 0 Å². The first-order valence-electron chi connectivity index (χ1n) is 11.8. The summed E-state index contributed by atoms with van der Waals surface area (Å²) >= 11 is 0. The highest BCUT2D eigenvalue weighted by Crippen LogP contribution is 2.25. The van der Waals surface area contributed by atoms with Crippen molar-refractivity contribution in [1.82, 2.24) is 14.8 Å². The molecule has 0 saturated carbocycles. The van der Waals surface area contributed by atoms with Crippen molar-refractivity contribution in [1.29, 1.82) is 0 Å². The van der Waals surface area contributed by atoms with Crippen LogP contribution in [0.25, 0.3) is 0 Å². The Morgan fingerprint density at radius 3 is 2.59 bits per heavy atom. The van der Waals surface area contributed by atoms with Gasteiger partial charge in [0.2, 0.25) is 5.91 Å². The lowest BCUT2D eigenvalue weighted by Gasteiger charge is -2.37. The average molecular weight is 458 g/mol. The molecular weight excluding hydrogens is 422 g/mol. The van der Waals surface area contributed by atoms with Crippen molar-refractivity contribution in [2.45, 2.75) is 39.0 Å². The number of carbonyl (C=O) groups is 1. The van der Waals surface area contributed by atoms with Crippen LogP contribution >= 0.6 is 12.4 Å². The van der Waals surface area contributed by atoms with E-state index in [2.05, 4.69) is 33.8 Å². The van der Waals surface area contributed by atoms with E-state index in [0.29, 0.717) is 18.4 Å². The van der Waals surface area contributed by atoms with E-state index >= 15 is 0 Å². The fourth-order valence-electron chi connectivity index (χ4n) is 4.81. The Bertz CT molecular complexity index is 840. The Kier molecular flexibility index (Phi) is 9.36. The Hall–Kier alpha value is -2.11. The number of rotatable bonds is 7. The molecule has 0 radical (unpaired) electrons. The van der Waals surface area contributed by atoms with Gasteiger partial charge in [0.05, 0.1) is 6.61 Å². The molecule has 1 atom stereocenters. The standard InChI is InChI=1S/C26H35N3O2.ClH/c1-21-7-2-3-10-25(21)31-20-22-8-6-15-29(19-22)26(30)23-11-16-28(17-12-23)18-13-24-9-4-5-14-27-24;/h2-5,7,9-10,14,22-23H,6,8,11-13,15-20H2,1H3;1H. The molecule has 0 bridgehead atoms. The van der Waals surface area contributed by atoms with Crippen LogP contribution in [0.1, 0.15) is 36.9 Å². The highest BCUT2D eigenvalue weighted by Gasteiger charge is 2.31. The van der Waals surface area contributed by atoms with Crippen molar-refractivity contribution in [2.24, 2.45) is 11.8 Å². The minimum absolute atomic E-state index is 0. The van der Waals surface area contributed by atoms with E-state index in [9.17, 15) is 4.79 Å². The lowest BCUT2D eigenvalue weighted by molar-refractivity contribution is -0.139. The molecule has 2 aliphatic rings. The van der Waals surface area contributed by atoms with Gasteiger partial charge in [-0.3, -0.25) is 9.78 Å². The third kappa shape index (κ3) is 6.69. The maximum absolute atomic E-state index is 13.2. The number of amides is 1. The Labute approximate surface area is 198 Å². The van der Waals surface area contributed by atoms with Crippen LogP contribution in [0.5, 0.6) is 5.75 Å². The SMILES string of the molecule is Cc1ccccc1OCC1CCCN(C(=O)C2CCN(CCc3ccccn3)CC2)C1.Cl. The van der Waals surface area contributed by atoms with Crippen LogP contribution in [0.15, 0.2) is 48.7 Å². The normalized spacial score (nSPS) is 19.9. The predicted octanol–water partition coefficient (Wildman–Crippen LogP) is 4.38. The summed E-state index contributed by atoms with van der Waals surface area (Å²) in [4.78, 5) is 22.2. The third-order valence-corrected chi connectivity index (χ3v) is 6.75. The number of piperidine rings is 2. The quantitative estimate of drug-likeness (QED) is 0.618. The molecule has 0 N–H and O–H groups in total. The first kappa shape index (κ1) is 24.5. The molecule has 1 aromatic heterocycles. The summed E-state index contributed by atoms with van der Waals surface area (Å²) in [6.07, 6.45) is 7.01. The fraction of sp³-hybridized carbons (Fsp3) is 0.538. The molecular formula is C26H36ClN3O2. The molecule has 4 rings (SSSR count). The number of hydrogen-bond acceptors (Lipinski definition) is 4. The zero-order chi connectivity index (χ0) is 21.5. The number of pyridine rings is 1. The maximum atomic E-state index is 13.2. The first-order chi connectivity index (χ1) is 15.2. The van der Waals surface area contributed by atoms with Crippen molar-refractivity contribution in [3.05, 3.63) is 59.9 Å². The number of carbonyl (C=O) groups excluding carboxylic acids is 1. The molecule has 5 nitrogen and oxygen atoms in total. The summed E-state index contributed by atoms with van der Waals surface area (Å²) in [6, 6.07) is 14.3. The van der Waals surface area contributed by atoms with E-state index in [1.807, 2.05) is 36.5 Å². The molecule has 0 spiro atoms. The minimum atomic E-state index is 0. The van der Waals surface area contributed by atoms with E-state index in [-0.39, 0.29) is 18.3 Å². The molecule has 3 heterocycles. The third-order valence-electron chi connectivity index (χ3n) is 6.75. The van der Waals surface area contributed by atoms with Crippen LogP contribution in [-0.2, 0) is 11.2 Å². The van der Waals surface area contributed by atoms with Crippen LogP contribution in [0.2, 0.25) is 0 Å². The van der Waals surface area contributed by atoms with Gasteiger partial charge in [0, 0.05) is 49.8 Å². The van der Waals surface area contributed by atoms with Gasteiger partial charge in [0.1, 0.15) is 5.75 Å². The van der Waals surface area contributed by atoms with Gasteiger partial charge < -0.3 is 14.5 Å². The van der Waals surface area contributed by atoms with Gasteiger partial charge in [0.25, 0.3) is 0 Å². The second kappa shape index (κ2) is 12.2. The van der Waals surface area contributed by atoms with Crippen molar-refractivity contribution in [3.8, 4) is 5.75 Å². The van der Waals surface area contributed by atoms with Crippen LogP contribution in [0.3, 0.4) is 0 Å². The largest absolute Gasteiger partial charge is 0.493 e. The summed E-state index contributed by atoms with van der Waals surface area (Å²) < 4.78 is 6.08. The summed E-state index contributed by atoms with van der Waals surface area (Å²) in [5, 5.41) is 0. The smallest absolute Gasteiger partial charge is 0.225 e. The van der Waals surface area contributed by atoms with Gasteiger partial charge in [-0.1, -0.05) is 24.3 Å². The van der Waals surface area contributed by atoms with Crippen molar-refractivity contribution < 1.29 is 9.53 Å². The van der Waals surface area contributed by atoms with E-state index in [1.165, 1.54) is 5.56 Å². The number of ether oxygens (including phenoxy) is 1. The van der Waals surface area contributed by atoms with Crippen molar-refractivity contribution in [3.63, 3.8) is 0 Å². The summed E-state index contributed by atoms with van der Waals surface area (Å²) in [7, 11) is 0. The number of aryl methyl sites for hydroxylation is 1. The molecule has 2 saturated heterocycles. The Balaban J connectivity index is 0.00000289. The van der Waals surface area contributed by atoms with Crippen LogP contribution in [-0.4, -0.2) is 60.0 Å². The molecule has 1 unspecified atom stereocenters. The van der Waals surface area contributed by atoms with E-state index in [1.54, 1.807) is 0 Å². The van der Waals surface area contributed by atoms with Gasteiger partial charge in [-0.05, 0) is 69.5 Å². The average Bonchev–Trinajstić information content (AvgIpc) is 2.83. The molecule has 2 aliphatic heterocycles. The van der Waals surface area contributed by atoms with Gasteiger partial charge in [-0.2, -0.15) is 0 Å². The number of nitrogens with zero attached hydrogens (tertiary/aromatic N) is 3. The zero-order valence-corrected chi connectivity index (χ0v) is 19.9. The fourth-order valence-corrected chi connectivity index (χ4v) is 4.81. The summed E-state index contributed by atoms with van der Waals surface area (Å²) in [5.74, 6) is 1.94. The first-order valence-corrected chi connectivity index (χ1v) is 11.8. The van der Waals surface area contributed by atoms with Crippen LogP contribution < -0.4 is 4.74 Å². The number of halogens is 1. The van der Waals surface area contributed by atoms with Crippen LogP contribution in [0, 0.1) is 18.8 Å². The topological polar surface area (TPSA) is 45.7 Å². The minimum Gasteiger partial charge on any atom is -0.493 e. The predicted molar refractivity (Wildman–Crippen MR) is 130 cm³/mol. The highest BCUT2D eigenvalue weighted by molar-refractivity contribution is 5.85. The van der Waals surface area contributed by atoms with Crippen molar-refractivity contribution in [2.75, 3.05) is 39.3 Å². The summed E-state index contributed by atoms with van der Waals surface area (Å²) in [6.45, 7) is 7.56. The maximum Gasteiger partial charge on any atom is 0.225 e. The van der Waals surface area contributed by atoms with Gasteiger partial charge in [-0.15, -0.1) is 12.4 Å². The number of aromatic nitrogens is 1. The molecule has 174 valence electrons. The monoisotopic (exact) mass is 457 g/mol. The lowest BCUT2D eigenvalue weighted by atomic mass is 9.92. The molecule has 0 aliphatic carbocycles. The van der Waals surface area contributed by atoms with Crippen LogP contribution in [0.4, 0.5) is 0 Å². The number of likely N-dealkylation sites (tertiary alicyclic amines) is 2. The molecule has 2 aromatic rings. The number of benzene rings is 1. The van der Waals surface area contributed by atoms with Gasteiger partial charge >= 0.3 is 0 Å². The van der Waals surface area contributed by atoms with Crippen molar-refractivity contribution >= 4 is 18.3 Å². The van der Waals surface area contributed by atoms with E-state index in [4.69, 9.17) is 4.74 Å². The second-order valence-electron chi connectivity index (χ2n) is 9.06. The van der Waals surface area contributed by atoms with E-state index in [0.717, 1.165) is 76.3 Å².